The summed E-state index contributed by atoms with van der Waals surface area (Å²) in [5.74, 6) is -2.23. The maximum atomic E-state index is 13.2. The number of aliphatic hydroxyl groups is 1. The lowest BCUT2D eigenvalue weighted by molar-refractivity contribution is -0.0884. The molecule has 31 heavy (non-hydrogen) atoms. The Kier molecular flexibility index (Phi) is 5.14. The third-order valence-electron chi connectivity index (χ3n) is 5.19. The van der Waals surface area contributed by atoms with E-state index in [1.54, 1.807) is 43.5 Å². The summed E-state index contributed by atoms with van der Waals surface area (Å²) in [5.41, 5.74) is -0.823. The number of pyridine rings is 1. The van der Waals surface area contributed by atoms with Crippen LogP contribution in [0.25, 0.3) is 21.3 Å². The van der Waals surface area contributed by atoms with Gasteiger partial charge in [-0.25, -0.2) is 4.98 Å². The third kappa shape index (κ3) is 3.51. The number of aromatic nitrogens is 4. The maximum absolute atomic E-state index is 13.2. The predicted molar refractivity (Wildman–Crippen MR) is 110 cm³/mol. The summed E-state index contributed by atoms with van der Waals surface area (Å²) in [6, 6.07) is 8.97. The van der Waals surface area contributed by atoms with Crippen molar-refractivity contribution in [2.24, 2.45) is 5.92 Å². The topological polar surface area (TPSA) is 91.8 Å². The highest BCUT2D eigenvalue weighted by molar-refractivity contribution is 7.13. The number of benzene rings is 1. The summed E-state index contributed by atoms with van der Waals surface area (Å²) in [6.45, 7) is 3.60. The number of Topliss-reactive ketones (excluding diaryl/α,β-unsaturated/α-hetero) is 1. The zero-order valence-electron chi connectivity index (χ0n) is 16.4. The first-order valence-electron chi connectivity index (χ1n) is 9.32. The Morgan fingerprint density at radius 2 is 1.94 bits per heavy atom. The summed E-state index contributed by atoms with van der Waals surface area (Å²) >= 11 is 1.23. The molecular formula is C21H17F3N4O2S. The van der Waals surface area contributed by atoms with E-state index in [9.17, 15) is 23.1 Å². The molecule has 2 N–H and O–H groups in total. The van der Waals surface area contributed by atoms with E-state index < -0.39 is 23.1 Å². The molecule has 0 saturated carbocycles. The van der Waals surface area contributed by atoms with Crippen LogP contribution in [0.4, 0.5) is 13.2 Å². The van der Waals surface area contributed by atoms with Crippen molar-refractivity contribution in [2.75, 3.05) is 0 Å². The Hall–Kier alpha value is -3.11. The van der Waals surface area contributed by atoms with Gasteiger partial charge in [-0.1, -0.05) is 31.2 Å². The van der Waals surface area contributed by atoms with E-state index in [1.807, 2.05) is 0 Å². The fourth-order valence-electron chi connectivity index (χ4n) is 3.57. The maximum Gasteiger partial charge on any atom is 0.454 e. The van der Waals surface area contributed by atoms with Crippen molar-refractivity contribution in [3.8, 4) is 10.4 Å². The van der Waals surface area contributed by atoms with Crippen LogP contribution < -0.4 is 0 Å². The van der Waals surface area contributed by atoms with E-state index in [1.165, 1.54) is 23.6 Å². The summed E-state index contributed by atoms with van der Waals surface area (Å²) in [4.78, 5) is 17.2. The number of nitrogens with one attached hydrogen (secondary N) is 1. The minimum Gasteiger partial charge on any atom is -0.377 e. The molecule has 0 bridgehead atoms. The average Bonchev–Trinajstić information content (AvgIpc) is 3.44. The molecule has 160 valence electrons. The number of halogens is 3. The van der Waals surface area contributed by atoms with Crippen LogP contribution in [0.1, 0.15) is 35.6 Å². The predicted octanol–water partition coefficient (Wildman–Crippen LogP) is 4.72. The SMILES string of the molecule is CC(C)C(O)(c1ccc2c(-c3cccs3)c(C(=O)C(F)(F)F)ccc2n1)c1cnn[nH]1. The van der Waals surface area contributed by atoms with Crippen LogP contribution in [0, 0.1) is 5.92 Å². The second kappa shape index (κ2) is 7.54. The Morgan fingerprint density at radius 1 is 1.16 bits per heavy atom. The molecular weight excluding hydrogens is 429 g/mol. The van der Waals surface area contributed by atoms with Gasteiger partial charge in [0, 0.05) is 21.4 Å². The number of H-pyrrole nitrogens is 1. The van der Waals surface area contributed by atoms with Crippen molar-refractivity contribution in [1.29, 1.82) is 0 Å². The molecule has 3 aromatic heterocycles. The summed E-state index contributed by atoms with van der Waals surface area (Å²) < 4.78 is 39.6. The molecule has 1 aromatic carbocycles. The van der Waals surface area contributed by atoms with Gasteiger partial charge in [0.15, 0.2) is 5.60 Å². The molecule has 0 aliphatic rings. The average molecular weight is 446 g/mol. The fourth-order valence-corrected chi connectivity index (χ4v) is 4.37. The zero-order valence-corrected chi connectivity index (χ0v) is 17.3. The fraction of sp³-hybridized carbons (Fsp3) is 0.238. The lowest BCUT2D eigenvalue weighted by Crippen LogP contribution is -2.35. The summed E-state index contributed by atoms with van der Waals surface area (Å²) in [7, 11) is 0. The third-order valence-corrected chi connectivity index (χ3v) is 6.08. The second-order valence-corrected chi connectivity index (χ2v) is 8.29. The van der Waals surface area contributed by atoms with Gasteiger partial charge in [0.1, 0.15) is 0 Å². The lowest BCUT2D eigenvalue weighted by Gasteiger charge is -2.30. The van der Waals surface area contributed by atoms with E-state index in [0.717, 1.165) is 6.07 Å². The van der Waals surface area contributed by atoms with Gasteiger partial charge >= 0.3 is 6.18 Å². The monoisotopic (exact) mass is 446 g/mol. The summed E-state index contributed by atoms with van der Waals surface area (Å²) in [6.07, 6.45) is -3.60. The van der Waals surface area contributed by atoms with Gasteiger partial charge < -0.3 is 5.11 Å². The van der Waals surface area contributed by atoms with Crippen molar-refractivity contribution in [2.45, 2.75) is 25.6 Å². The number of fused-ring (bicyclic) bond motifs is 1. The Bertz CT molecular complexity index is 1240. The van der Waals surface area contributed by atoms with Crippen LogP contribution in [0.15, 0.2) is 48.0 Å². The van der Waals surface area contributed by atoms with Crippen molar-refractivity contribution >= 4 is 28.0 Å². The molecule has 0 radical (unpaired) electrons. The first-order chi connectivity index (χ1) is 14.6. The van der Waals surface area contributed by atoms with E-state index >= 15 is 0 Å². The van der Waals surface area contributed by atoms with E-state index in [0.29, 0.717) is 21.5 Å². The molecule has 0 spiro atoms. The molecule has 10 heteroatoms. The van der Waals surface area contributed by atoms with Crippen molar-refractivity contribution < 1.29 is 23.1 Å². The Balaban J connectivity index is 1.96. The first kappa shape index (κ1) is 21.1. The van der Waals surface area contributed by atoms with Crippen molar-refractivity contribution in [3.63, 3.8) is 0 Å². The molecule has 0 fully saturated rings. The molecule has 6 nitrogen and oxygen atoms in total. The summed E-state index contributed by atoms with van der Waals surface area (Å²) in [5, 5.41) is 23.6. The van der Waals surface area contributed by atoms with Crippen LogP contribution in [0.3, 0.4) is 0 Å². The smallest absolute Gasteiger partial charge is 0.377 e. The minimum atomic E-state index is -5.00. The number of alkyl halides is 3. The first-order valence-corrected chi connectivity index (χ1v) is 10.2. The van der Waals surface area contributed by atoms with Crippen LogP contribution in [-0.2, 0) is 5.60 Å². The van der Waals surface area contributed by atoms with E-state index in [-0.39, 0.29) is 17.2 Å². The molecule has 0 saturated heterocycles. The largest absolute Gasteiger partial charge is 0.454 e. The van der Waals surface area contributed by atoms with Gasteiger partial charge in [-0.05, 0) is 35.6 Å². The quantitative estimate of drug-likeness (QED) is 0.433. The van der Waals surface area contributed by atoms with Gasteiger partial charge in [-0.15, -0.1) is 16.4 Å². The molecule has 4 aromatic rings. The number of ketones is 1. The molecule has 3 heterocycles. The van der Waals surface area contributed by atoms with Crippen LogP contribution in [0.5, 0.6) is 0 Å². The zero-order chi connectivity index (χ0) is 22.4. The number of carbonyl (C=O) groups is 1. The minimum absolute atomic E-state index is 0.171. The lowest BCUT2D eigenvalue weighted by atomic mass is 9.83. The van der Waals surface area contributed by atoms with E-state index in [4.69, 9.17) is 0 Å². The highest BCUT2D eigenvalue weighted by Crippen LogP contribution is 2.40. The van der Waals surface area contributed by atoms with Crippen molar-refractivity contribution in [1.82, 2.24) is 20.4 Å². The van der Waals surface area contributed by atoms with Crippen LogP contribution in [0.2, 0.25) is 0 Å². The van der Waals surface area contributed by atoms with Gasteiger partial charge in [-0.3, -0.25) is 9.89 Å². The van der Waals surface area contributed by atoms with Gasteiger partial charge in [-0.2, -0.15) is 13.2 Å². The number of carbonyl (C=O) groups excluding carboxylic acids is 1. The Labute approximate surface area is 178 Å². The highest BCUT2D eigenvalue weighted by atomic mass is 32.1. The van der Waals surface area contributed by atoms with Gasteiger partial charge in [0.2, 0.25) is 0 Å². The Morgan fingerprint density at radius 3 is 2.52 bits per heavy atom. The molecule has 1 unspecified atom stereocenters. The molecule has 0 aliphatic heterocycles. The second-order valence-electron chi connectivity index (χ2n) is 7.35. The van der Waals surface area contributed by atoms with Crippen LogP contribution >= 0.6 is 11.3 Å². The molecule has 4 rings (SSSR count). The standard InChI is InChI=1S/C21H17F3N4O2S/c1-11(2)20(30,17-10-25-28-27-17)16-8-6-12-14(26-16)7-5-13(19(29)21(22,23)24)18(12)15-4-3-9-31-15/h3-11,30H,1-2H3,(H,25,27,28). The number of hydrogen-bond acceptors (Lipinski definition) is 6. The van der Waals surface area contributed by atoms with Crippen molar-refractivity contribution in [3.05, 3.63) is 64.9 Å². The van der Waals surface area contributed by atoms with Crippen LogP contribution in [-0.4, -0.2) is 37.5 Å². The normalized spacial score (nSPS) is 14.2. The number of hydrogen-bond donors (Lipinski definition) is 2. The number of rotatable bonds is 5. The number of nitrogens with zero attached hydrogens (tertiary/aromatic N) is 3. The molecule has 1 atom stereocenters. The number of thiophene rings is 1. The molecule has 0 aliphatic carbocycles. The van der Waals surface area contributed by atoms with E-state index in [2.05, 4.69) is 20.4 Å². The number of aromatic amines is 1. The van der Waals surface area contributed by atoms with Gasteiger partial charge in [0.05, 0.1) is 23.1 Å². The molecule has 0 amide bonds. The highest BCUT2D eigenvalue weighted by Gasteiger charge is 2.42. The van der Waals surface area contributed by atoms with Gasteiger partial charge in [0.25, 0.3) is 5.78 Å².